The van der Waals surface area contributed by atoms with Crippen molar-refractivity contribution < 1.29 is 33.3 Å². The van der Waals surface area contributed by atoms with E-state index in [0.717, 1.165) is 0 Å². The molecule has 0 saturated carbocycles. The van der Waals surface area contributed by atoms with Gasteiger partial charge in [-0.05, 0) is 88.0 Å². The molecule has 1 spiro atoms. The lowest BCUT2D eigenvalue weighted by molar-refractivity contribution is -0.132. The average molecular weight is 764 g/mol. The first-order valence-electron chi connectivity index (χ1n) is 10.1. The fourth-order valence-electron chi connectivity index (χ4n) is 4.27. The number of benzene rings is 3. The lowest BCUT2D eigenvalue weighted by Gasteiger charge is -2.38. The summed E-state index contributed by atoms with van der Waals surface area (Å²) in [5.41, 5.74) is 0.407. The molecular formula is C24H12Br4O7S. The molecule has 0 saturated heterocycles. The molecule has 36 heavy (non-hydrogen) atoms. The van der Waals surface area contributed by atoms with Gasteiger partial charge in [-0.1, -0.05) is 6.07 Å². The third-order valence-electron chi connectivity index (χ3n) is 5.57. The quantitative estimate of drug-likeness (QED) is 0.165. The van der Waals surface area contributed by atoms with Crippen LogP contribution in [-0.4, -0.2) is 17.9 Å². The summed E-state index contributed by atoms with van der Waals surface area (Å²) >= 11 is 18.3. The first kappa shape index (κ1) is 25.8. The van der Waals surface area contributed by atoms with E-state index in [1.807, 2.05) is 0 Å². The molecule has 3 aromatic carbocycles. The van der Waals surface area contributed by atoms with E-state index in [1.165, 1.54) is 13.8 Å². The molecule has 0 atom stereocenters. The monoisotopic (exact) mass is 760 g/mol. The van der Waals surface area contributed by atoms with E-state index in [2.05, 4.69) is 76.3 Å². The van der Waals surface area contributed by atoms with E-state index in [0.29, 0.717) is 45.0 Å². The third-order valence-corrected chi connectivity index (χ3v) is 8.46. The van der Waals surface area contributed by atoms with Crippen LogP contribution in [0.1, 0.15) is 40.9 Å². The minimum absolute atomic E-state index is 0.184. The highest BCUT2D eigenvalue weighted by molar-refractivity contribution is 9.11. The van der Waals surface area contributed by atoms with Crippen molar-refractivity contribution in [1.82, 2.24) is 0 Å². The minimum Gasteiger partial charge on any atom is -0.454 e. The number of rotatable bonds is 2. The molecule has 7 nitrogen and oxygen atoms in total. The Kier molecular flexibility index (Phi) is 6.56. The number of ether oxygens (including phenoxy) is 4. The van der Waals surface area contributed by atoms with Crippen molar-refractivity contribution in [2.24, 2.45) is 0 Å². The fourth-order valence-corrected chi connectivity index (χ4v) is 7.20. The highest BCUT2D eigenvalue weighted by Gasteiger charge is 2.55. The average Bonchev–Trinajstić information content (AvgIpc) is 3.08. The van der Waals surface area contributed by atoms with Gasteiger partial charge in [-0.3, -0.25) is 9.59 Å². The zero-order valence-corrected chi connectivity index (χ0v) is 25.4. The number of esters is 3. The molecule has 184 valence electrons. The van der Waals surface area contributed by atoms with Crippen LogP contribution in [-0.2, 0) is 19.9 Å². The molecule has 0 radical (unpaired) electrons. The van der Waals surface area contributed by atoms with Gasteiger partial charge in [0.1, 0.15) is 8.95 Å². The molecule has 0 amide bonds. The van der Waals surface area contributed by atoms with Gasteiger partial charge in [0.05, 0.1) is 25.6 Å². The van der Waals surface area contributed by atoms with E-state index >= 15 is 0 Å². The van der Waals surface area contributed by atoms with Gasteiger partial charge < -0.3 is 18.9 Å². The number of carbonyl (C=O) groups excluding carboxylic acids is 3. The second-order valence-corrected chi connectivity index (χ2v) is 11.7. The lowest BCUT2D eigenvalue weighted by atomic mass is 9.77. The van der Waals surface area contributed by atoms with Gasteiger partial charge in [-0.2, -0.15) is 0 Å². The molecule has 0 unspecified atom stereocenters. The maximum absolute atomic E-state index is 13.2. The predicted molar refractivity (Wildman–Crippen MR) is 145 cm³/mol. The Hall–Kier alpha value is -1.86. The predicted octanol–water partition coefficient (Wildman–Crippen LogP) is 7.44. The Balaban J connectivity index is 1.91. The topological polar surface area (TPSA) is 88.1 Å². The van der Waals surface area contributed by atoms with E-state index in [1.54, 1.807) is 30.3 Å². The van der Waals surface area contributed by atoms with E-state index in [4.69, 9.17) is 18.9 Å². The molecule has 2 aliphatic rings. The third kappa shape index (κ3) is 3.84. The van der Waals surface area contributed by atoms with E-state index in [-0.39, 0.29) is 23.0 Å². The number of halogens is 4. The molecular weight excluding hydrogens is 752 g/mol. The molecule has 3 aromatic rings. The minimum atomic E-state index is -1.45. The number of hydrogen-bond donors (Lipinski definition) is 1. The molecule has 12 heteroatoms. The molecule has 0 N–H and O–H groups in total. The van der Waals surface area contributed by atoms with Crippen molar-refractivity contribution >= 4 is 94.3 Å². The van der Waals surface area contributed by atoms with Crippen molar-refractivity contribution in [2.45, 2.75) is 24.3 Å². The second kappa shape index (κ2) is 9.16. The smallest absolute Gasteiger partial charge is 0.340 e. The van der Waals surface area contributed by atoms with Crippen molar-refractivity contribution in [3.05, 3.63) is 70.5 Å². The Morgan fingerprint density at radius 1 is 0.833 bits per heavy atom. The van der Waals surface area contributed by atoms with Crippen LogP contribution in [0.3, 0.4) is 0 Å². The first-order valence-corrected chi connectivity index (χ1v) is 13.7. The SMILES string of the molecule is CC(=O)Oc1c(Br)cc2c(c1Br)Oc1c(cc(Br)c(OC(C)=O)c1Br)C21OC(=O)c2cc(S)ccc21. The lowest BCUT2D eigenvalue weighted by Crippen LogP contribution is -2.33. The summed E-state index contributed by atoms with van der Waals surface area (Å²) in [4.78, 5) is 37.3. The van der Waals surface area contributed by atoms with Crippen LogP contribution in [0.4, 0.5) is 0 Å². The first-order chi connectivity index (χ1) is 17.0. The number of carbonyl (C=O) groups is 3. The Morgan fingerprint density at radius 3 is 1.81 bits per heavy atom. The molecule has 0 aromatic heterocycles. The zero-order valence-electron chi connectivity index (χ0n) is 18.2. The van der Waals surface area contributed by atoms with Crippen LogP contribution in [0.25, 0.3) is 0 Å². The molecule has 5 rings (SSSR count). The summed E-state index contributed by atoms with van der Waals surface area (Å²) in [6, 6.07) is 8.53. The van der Waals surface area contributed by atoms with Gasteiger partial charge >= 0.3 is 17.9 Å². The number of hydrogen-bond acceptors (Lipinski definition) is 8. The van der Waals surface area contributed by atoms with Crippen LogP contribution >= 0.6 is 76.3 Å². The zero-order chi connectivity index (χ0) is 26.1. The van der Waals surface area contributed by atoms with Gasteiger partial charge in [0, 0.05) is 24.3 Å². The maximum Gasteiger partial charge on any atom is 0.340 e. The summed E-state index contributed by atoms with van der Waals surface area (Å²) in [7, 11) is 0. The van der Waals surface area contributed by atoms with Crippen molar-refractivity contribution in [3.8, 4) is 23.0 Å². The van der Waals surface area contributed by atoms with Crippen LogP contribution in [0, 0.1) is 0 Å². The van der Waals surface area contributed by atoms with Gasteiger partial charge in [-0.15, -0.1) is 12.6 Å². The van der Waals surface area contributed by atoms with Crippen molar-refractivity contribution in [3.63, 3.8) is 0 Å². The standard InChI is InChI=1S/C24H12Br4O7S/c1-8(29)32-21-15(25)6-13-19(17(21)27)34-20-14(7-16(26)22(18(20)28)33-9(2)30)24(13)12-4-3-10(36)5-11(12)23(31)35-24/h3-7,36H,1-2H3. The van der Waals surface area contributed by atoms with Gasteiger partial charge in [0.25, 0.3) is 0 Å². The fraction of sp³-hybridized carbons (Fsp3) is 0.125. The summed E-state index contributed by atoms with van der Waals surface area (Å²) in [5.74, 6) is -0.768. The number of fused-ring (bicyclic) bond motifs is 6. The Morgan fingerprint density at radius 2 is 1.33 bits per heavy atom. The second-order valence-electron chi connectivity index (χ2n) is 7.85. The molecule has 2 aliphatic heterocycles. The summed E-state index contributed by atoms with van der Waals surface area (Å²) in [6.45, 7) is 2.55. The molecule has 0 fully saturated rings. The van der Waals surface area contributed by atoms with Gasteiger partial charge in [0.15, 0.2) is 28.6 Å². The summed E-state index contributed by atoms with van der Waals surface area (Å²) in [5, 5.41) is 0. The summed E-state index contributed by atoms with van der Waals surface area (Å²) in [6.07, 6.45) is 0. The molecule has 0 aliphatic carbocycles. The van der Waals surface area contributed by atoms with E-state index in [9.17, 15) is 14.4 Å². The largest absolute Gasteiger partial charge is 0.454 e. The van der Waals surface area contributed by atoms with Crippen molar-refractivity contribution in [2.75, 3.05) is 0 Å². The highest BCUT2D eigenvalue weighted by Crippen LogP contribution is 2.62. The van der Waals surface area contributed by atoms with E-state index < -0.39 is 23.5 Å². The Bertz CT molecular complexity index is 1460. The Labute approximate surface area is 243 Å². The molecule has 2 heterocycles. The van der Waals surface area contributed by atoms with Crippen LogP contribution in [0.15, 0.2) is 53.1 Å². The molecule has 0 bridgehead atoms. The highest BCUT2D eigenvalue weighted by atomic mass is 79.9. The summed E-state index contributed by atoms with van der Waals surface area (Å²) < 4.78 is 24.8. The van der Waals surface area contributed by atoms with Crippen molar-refractivity contribution in [1.29, 1.82) is 0 Å². The van der Waals surface area contributed by atoms with Crippen LogP contribution in [0.5, 0.6) is 23.0 Å². The number of thiol groups is 1. The van der Waals surface area contributed by atoms with Gasteiger partial charge in [-0.25, -0.2) is 4.79 Å². The van der Waals surface area contributed by atoms with Gasteiger partial charge in [0.2, 0.25) is 0 Å². The maximum atomic E-state index is 13.2. The normalized spacial score (nSPS) is 14.4. The van der Waals surface area contributed by atoms with Crippen LogP contribution in [0.2, 0.25) is 0 Å². The van der Waals surface area contributed by atoms with Crippen LogP contribution < -0.4 is 14.2 Å².